The summed E-state index contributed by atoms with van der Waals surface area (Å²) < 4.78 is 0. The van der Waals surface area contributed by atoms with Crippen LogP contribution in [0.5, 0.6) is 0 Å². The summed E-state index contributed by atoms with van der Waals surface area (Å²) in [6.07, 6.45) is 5.12. The van der Waals surface area contributed by atoms with Crippen LogP contribution in [0.15, 0.2) is 48.9 Å². The van der Waals surface area contributed by atoms with Crippen LogP contribution in [0, 0.1) is 0 Å². The second-order valence-electron chi connectivity index (χ2n) is 4.17. The summed E-state index contributed by atoms with van der Waals surface area (Å²) in [5, 5.41) is 3.76. The molecule has 0 fully saturated rings. The van der Waals surface area contributed by atoms with Gasteiger partial charge in [-0.05, 0) is 29.8 Å². The fourth-order valence-electron chi connectivity index (χ4n) is 1.86. The van der Waals surface area contributed by atoms with Crippen LogP contribution < -0.4 is 5.32 Å². The third-order valence-electron chi connectivity index (χ3n) is 2.81. The van der Waals surface area contributed by atoms with Gasteiger partial charge in [0.15, 0.2) is 0 Å². The standard InChI is InChI=1S/C14H12N4O/c19-14(17-9-10-3-1-5-15-8-10)12-7-11-4-2-6-16-13(11)18-12/h1-8H,9H2,(H,16,18)(H,17,19). The lowest BCUT2D eigenvalue weighted by Crippen LogP contribution is -2.23. The van der Waals surface area contributed by atoms with E-state index in [9.17, 15) is 4.79 Å². The van der Waals surface area contributed by atoms with E-state index in [4.69, 9.17) is 0 Å². The van der Waals surface area contributed by atoms with E-state index in [1.54, 1.807) is 24.7 Å². The van der Waals surface area contributed by atoms with E-state index < -0.39 is 0 Å². The minimum Gasteiger partial charge on any atom is -0.347 e. The molecule has 3 aromatic rings. The molecule has 0 atom stereocenters. The monoisotopic (exact) mass is 252 g/mol. The van der Waals surface area contributed by atoms with Crippen molar-refractivity contribution in [3.05, 3.63) is 60.2 Å². The van der Waals surface area contributed by atoms with Crippen LogP contribution in [0.2, 0.25) is 0 Å². The van der Waals surface area contributed by atoms with E-state index in [-0.39, 0.29) is 5.91 Å². The highest BCUT2D eigenvalue weighted by Gasteiger charge is 2.09. The van der Waals surface area contributed by atoms with E-state index >= 15 is 0 Å². The van der Waals surface area contributed by atoms with Crippen molar-refractivity contribution in [3.63, 3.8) is 0 Å². The van der Waals surface area contributed by atoms with Gasteiger partial charge in [0.2, 0.25) is 0 Å². The summed E-state index contributed by atoms with van der Waals surface area (Å²) in [4.78, 5) is 23.1. The lowest BCUT2D eigenvalue weighted by Gasteiger charge is -2.02. The first kappa shape index (κ1) is 11.4. The first-order valence-corrected chi connectivity index (χ1v) is 5.94. The van der Waals surface area contributed by atoms with Crippen molar-refractivity contribution in [2.75, 3.05) is 0 Å². The quantitative estimate of drug-likeness (QED) is 0.747. The number of pyridine rings is 2. The molecule has 0 radical (unpaired) electrons. The highest BCUT2D eigenvalue weighted by atomic mass is 16.1. The van der Waals surface area contributed by atoms with Crippen molar-refractivity contribution in [2.45, 2.75) is 6.54 Å². The molecule has 0 aliphatic rings. The third kappa shape index (κ3) is 2.44. The number of hydrogen-bond acceptors (Lipinski definition) is 3. The predicted octanol–water partition coefficient (Wildman–Crippen LogP) is 1.89. The largest absolute Gasteiger partial charge is 0.347 e. The Morgan fingerprint density at radius 1 is 1.26 bits per heavy atom. The summed E-state index contributed by atoms with van der Waals surface area (Å²) in [6, 6.07) is 9.31. The van der Waals surface area contributed by atoms with Gasteiger partial charge in [0.25, 0.3) is 5.91 Å². The predicted molar refractivity (Wildman–Crippen MR) is 71.5 cm³/mol. The fourth-order valence-corrected chi connectivity index (χ4v) is 1.86. The van der Waals surface area contributed by atoms with Gasteiger partial charge in [0.05, 0.1) is 0 Å². The van der Waals surface area contributed by atoms with E-state index in [1.807, 2.05) is 24.3 Å². The van der Waals surface area contributed by atoms with Gasteiger partial charge in [0, 0.05) is 30.5 Å². The van der Waals surface area contributed by atoms with Crippen LogP contribution in [-0.4, -0.2) is 20.9 Å². The number of H-pyrrole nitrogens is 1. The Morgan fingerprint density at radius 2 is 2.16 bits per heavy atom. The molecular formula is C14H12N4O. The molecule has 0 spiro atoms. The average Bonchev–Trinajstić information content (AvgIpc) is 2.90. The first-order valence-electron chi connectivity index (χ1n) is 5.94. The Labute approximate surface area is 109 Å². The van der Waals surface area contributed by atoms with Crippen molar-refractivity contribution in [3.8, 4) is 0 Å². The summed E-state index contributed by atoms with van der Waals surface area (Å²) >= 11 is 0. The molecule has 0 aliphatic heterocycles. The summed E-state index contributed by atoms with van der Waals surface area (Å²) in [6.45, 7) is 0.454. The molecule has 0 saturated heterocycles. The zero-order valence-electron chi connectivity index (χ0n) is 10.1. The summed E-state index contributed by atoms with van der Waals surface area (Å²) in [5.41, 5.74) is 2.19. The molecule has 5 nitrogen and oxygen atoms in total. The lowest BCUT2D eigenvalue weighted by atomic mass is 10.3. The number of rotatable bonds is 3. The normalized spacial score (nSPS) is 10.5. The number of nitrogens with one attached hydrogen (secondary N) is 2. The number of fused-ring (bicyclic) bond motifs is 1. The van der Waals surface area contributed by atoms with E-state index in [2.05, 4.69) is 20.3 Å². The number of carbonyl (C=O) groups is 1. The Bertz CT molecular complexity index is 673. The molecule has 0 aliphatic carbocycles. The molecule has 0 bridgehead atoms. The van der Waals surface area contributed by atoms with E-state index in [1.165, 1.54) is 0 Å². The van der Waals surface area contributed by atoms with Gasteiger partial charge < -0.3 is 10.3 Å². The van der Waals surface area contributed by atoms with Gasteiger partial charge in [-0.25, -0.2) is 4.98 Å². The fraction of sp³-hybridized carbons (Fsp3) is 0.0714. The maximum atomic E-state index is 12.0. The molecule has 3 rings (SSSR count). The van der Waals surface area contributed by atoms with Gasteiger partial charge in [0.1, 0.15) is 11.3 Å². The molecule has 2 N–H and O–H groups in total. The molecule has 0 saturated carbocycles. The lowest BCUT2D eigenvalue weighted by molar-refractivity contribution is 0.0946. The molecule has 3 aromatic heterocycles. The van der Waals surface area contributed by atoms with E-state index in [0.717, 1.165) is 10.9 Å². The Kier molecular flexibility index (Phi) is 2.94. The SMILES string of the molecule is O=C(NCc1cccnc1)c1cc2cccnc2[nH]1. The second-order valence-corrected chi connectivity index (χ2v) is 4.17. The van der Waals surface area contributed by atoms with Crippen molar-refractivity contribution < 1.29 is 4.79 Å². The van der Waals surface area contributed by atoms with Crippen molar-refractivity contribution in [1.82, 2.24) is 20.3 Å². The van der Waals surface area contributed by atoms with Crippen LogP contribution >= 0.6 is 0 Å². The number of nitrogens with zero attached hydrogens (tertiary/aromatic N) is 2. The smallest absolute Gasteiger partial charge is 0.268 e. The van der Waals surface area contributed by atoms with E-state index in [0.29, 0.717) is 17.9 Å². The molecule has 3 heterocycles. The van der Waals surface area contributed by atoms with Gasteiger partial charge in [-0.15, -0.1) is 0 Å². The Hall–Kier alpha value is -2.69. The van der Waals surface area contributed by atoms with Crippen molar-refractivity contribution in [2.24, 2.45) is 0 Å². The minimum absolute atomic E-state index is 0.151. The number of carbonyl (C=O) groups excluding carboxylic acids is 1. The highest BCUT2D eigenvalue weighted by Crippen LogP contribution is 2.12. The maximum Gasteiger partial charge on any atom is 0.268 e. The molecular weight excluding hydrogens is 240 g/mol. The van der Waals surface area contributed by atoms with Crippen LogP contribution in [0.3, 0.4) is 0 Å². The first-order chi connectivity index (χ1) is 9.33. The van der Waals surface area contributed by atoms with Crippen LogP contribution in [0.4, 0.5) is 0 Å². The summed E-state index contributed by atoms with van der Waals surface area (Å²) in [5.74, 6) is -0.151. The van der Waals surface area contributed by atoms with Crippen molar-refractivity contribution >= 4 is 16.9 Å². The van der Waals surface area contributed by atoms with Gasteiger partial charge in [-0.2, -0.15) is 0 Å². The van der Waals surface area contributed by atoms with Crippen LogP contribution in [-0.2, 0) is 6.54 Å². The molecule has 0 aromatic carbocycles. The molecule has 94 valence electrons. The second kappa shape index (κ2) is 4.89. The number of hydrogen-bond donors (Lipinski definition) is 2. The molecule has 0 unspecified atom stereocenters. The van der Waals surface area contributed by atoms with Gasteiger partial charge in [-0.3, -0.25) is 9.78 Å². The molecule has 19 heavy (non-hydrogen) atoms. The highest BCUT2D eigenvalue weighted by molar-refractivity contribution is 5.97. The summed E-state index contributed by atoms with van der Waals surface area (Å²) in [7, 11) is 0. The topological polar surface area (TPSA) is 70.7 Å². The van der Waals surface area contributed by atoms with Gasteiger partial charge >= 0.3 is 0 Å². The average molecular weight is 252 g/mol. The molecule has 1 amide bonds. The number of amides is 1. The maximum absolute atomic E-state index is 12.0. The third-order valence-corrected chi connectivity index (χ3v) is 2.81. The van der Waals surface area contributed by atoms with Crippen molar-refractivity contribution in [1.29, 1.82) is 0 Å². The van der Waals surface area contributed by atoms with Crippen LogP contribution in [0.1, 0.15) is 16.1 Å². The minimum atomic E-state index is -0.151. The van der Waals surface area contributed by atoms with Gasteiger partial charge in [-0.1, -0.05) is 6.07 Å². The zero-order chi connectivity index (χ0) is 13.1. The Balaban J connectivity index is 1.73. The number of aromatic nitrogens is 3. The Morgan fingerprint density at radius 3 is 2.95 bits per heavy atom. The van der Waals surface area contributed by atoms with Crippen LogP contribution in [0.25, 0.3) is 11.0 Å². The molecule has 5 heteroatoms. The number of aromatic amines is 1. The zero-order valence-corrected chi connectivity index (χ0v) is 10.1.